The number of carbonyl (C=O) groups is 1. The van der Waals surface area contributed by atoms with Gasteiger partial charge in [-0.1, -0.05) is 30.3 Å². The molecule has 0 atom stereocenters. The van der Waals surface area contributed by atoms with Gasteiger partial charge in [-0.2, -0.15) is 4.73 Å². The lowest BCUT2D eigenvalue weighted by molar-refractivity contribution is -0.575. The molecule has 0 aliphatic heterocycles. The van der Waals surface area contributed by atoms with Gasteiger partial charge in [-0.05, 0) is 18.2 Å². The van der Waals surface area contributed by atoms with E-state index in [1.54, 1.807) is 36.7 Å². The standard InChI is InChI=1S/C19H15N3O3/c23-19(14-6-2-1-3-7-14)25-11-10-21-13-20-16-12-22(24)17-9-5-4-8-15(17)18(16)21/h1-9,12-13H,10-11H2. The largest absolute Gasteiger partial charge is 0.618 e. The van der Waals surface area contributed by atoms with Crippen LogP contribution in [-0.4, -0.2) is 22.1 Å². The van der Waals surface area contributed by atoms with Crippen LogP contribution in [0.25, 0.3) is 21.9 Å². The third kappa shape index (κ3) is 2.78. The number of ether oxygens (including phenoxy) is 1. The molecule has 0 saturated carbocycles. The number of hydrogen-bond acceptors (Lipinski definition) is 4. The molecule has 2 aromatic heterocycles. The predicted molar refractivity (Wildman–Crippen MR) is 92.9 cm³/mol. The molecule has 0 aliphatic carbocycles. The van der Waals surface area contributed by atoms with Crippen molar-refractivity contribution in [1.29, 1.82) is 0 Å². The van der Waals surface area contributed by atoms with Gasteiger partial charge in [0.25, 0.3) is 0 Å². The first-order valence-electron chi connectivity index (χ1n) is 7.92. The summed E-state index contributed by atoms with van der Waals surface area (Å²) in [7, 11) is 0. The van der Waals surface area contributed by atoms with E-state index >= 15 is 0 Å². The molecule has 6 heteroatoms. The fourth-order valence-electron chi connectivity index (χ4n) is 2.90. The van der Waals surface area contributed by atoms with Gasteiger partial charge in [-0.25, -0.2) is 9.78 Å². The zero-order valence-electron chi connectivity index (χ0n) is 13.3. The number of benzene rings is 2. The number of hydrogen-bond donors (Lipinski definition) is 0. The lowest BCUT2D eigenvalue weighted by atomic mass is 10.2. The van der Waals surface area contributed by atoms with Crippen LogP contribution in [0.1, 0.15) is 10.4 Å². The fourth-order valence-corrected chi connectivity index (χ4v) is 2.90. The van der Waals surface area contributed by atoms with Crippen LogP contribution in [0.4, 0.5) is 0 Å². The second-order valence-electron chi connectivity index (χ2n) is 5.65. The number of para-hydroxylation sites is 1. The maximum atomic E-state index is 12.1. The van der Waals surface area contributed by atoms with Crippen molar-refractivity contribution in [3.05, 3.63) is 77.9 Å². The number of nitrogens with zero attached hydrogens (tertiary/aromatic N) is 3. The maximum absolute atomic E-state index is 12.1. The Hall–Kier alpha value is -3.41. The highest BCUT2D eigenvalue weighted by Gasteiger charge is 2.14. The van der Waals surface area contributed by atoms with Crippen molar-refractivity contribution >= 4 is 27.9 Å². The first kappa shape index (κ1) is 15.1. The van der Waals surface area contributed by atoms with E-state index in [2.05, 4.69) is 4.98 Å². The SMILES string of the molecule is O=C(OCCn1cnc2c[n+]([O-])c3ccccc3c21)c1ccccc1. The van der Waals surface area contributed by atoms with Gasteiger partial charge in [0.15, 0.2) is 5.52 Å². The average Bonchev–Trinajstić information content (AvgIpc) is 3.05. The van der Waals surface area contributed by atoms with Crippen molar-refractivity contribution in [1.82, 2.24) is 9.55 Å². The lowest BCUT2D eigenvalue weighted by Crippen LogP contribution is -2.26. The highest BCUT2D eigenvalue weighted by atomic mass is 16.5. The van der Waals surface area contributed by atoms with Crippen LogP contribution in [0.15, 0.2) is 67.1 Å². The van der Waals surface area contributed by atoms with Crippen molar-refractivity contribution in [2.75, 3.05) is 6.61 Å². The van der Waals surface area contributed by atoms with E-state index in [0.717, 1.165) is 15.6 Å². The summed E-state index contributed by atoms with van der Waals surface area (Å²) in [5.41, 5.74) is 2.58. The maximum Gasteiger partial charge on any atom is 0.338 e. The predicted octanol–water partition coefficient (Wildman–Crippen LogP) is 2.68. The molecular weight excluding hydrogens is 318 g/mol. The van der Waals surface area contributed by atoms with Gasteiger partial charge < -0.3 is 14.5 Å². The summed E-state index contributed by atoms with van der Waals surface area (Å²) in [4.78, 5) is 16.3. The van der Waals surface area contributed by atoms with Crippen LogP contribution in [-0.2, 0) is 11.3 Å². The Labute approximate surface area is 143 Å². The Kier molecular flexibility index (Phi) is 3.78. The summed E-state index contributed by atoms with van der Waals surface area (Å²) >= 11 is 0. The topological polar surface area (TPSA) is 71.1 Å². The molecule has 2 heterocycles. The minimum Gasteiger partial charge on any atom is -0.618 e. The number of rotatable bonds is 4. The number of pyridine rings is 1. The van der Waals surface area contributed by atoms with Crippen LogP contribution in [0, 0.1) is 5.21 Å². The van der Waals surface area contributed by atoms with Gasteiger partial charge >= 0.3 is 5.97 Å². The molecular formula is C19H15N3O3. The van der Waals surface area contributed by atoms with Gasteiger partial charge in [-0.3, -0.25) is 0 Å². The van der Waals surface area contributed by atoms with Crippen LogP contribution < -0.4 is 4.73 Å². The quantitative estimate of drug-likeness (QED) is 0.327. The summed E-state index contributed by atoms with van der Waals surface area (Å²) < 4.78 is 8.05. The van der Waals surface area contributed by atoms with E-state index in [0.29, 0.717) is 23.1 Å². The molecule has 0 N–H and O–H groups in total. The molecule has 2 aromatic carbocycles. The molecule has 0 aliphatic rings. The van der Waals surface area contributed by atoms with Crippen LogP contribution in [0.2, 0.25) is 0 Å². The molecule has 0 saturated heterocycles. The summed E-state index contributed by atoms with van der Waals surface area (Å²) in [5, 5.41) is 12.9. The summed E-state index contributed by atoms with van der Waals surface area (Å²) in [6.45, 7) is 0.682. The Bertz CT molecular complexity index is 1060. The third-order valence-electron chi connectivity index (χ3n) is 4.08. The van der Waals surface area contributed by atoms with Crippen molar-refractivity contribution in [2.24, 2.45) is 0 Å². The molecule has 25 heavy (non-hydrogen) atoms. The van der Waals surface area contributed by atoms with E-state index in [1.165, 1.54) is 6.20 Å². The monoisotopic (exact) mass is 333 g/mol. The fraction of sp³-hybridized carbons (Fsp3) is 0.105. The Morgan fingerprint density at radius 1 is 1.12 bits per heavy atom. The minimum atomic E-state index is -0.354. The minimum absolute atomic E-state index is 0.222. The summed E-state index contributed by atoms with van der Waals surface area (Å²) in [6.07, 6.45) is 3.12. The summed E-state index contributed by atoms with van der Waals surface area (Å²) in [6, 6.07) is 16.2. The van der Waals surface area contributed by atoms with Gasteiger partial charge in [0.05, 0.1) is 29.3 Å². The van der Waals surface area contributed by atoms with Crippen molar-refractivity contribution in [3.8, 4) is 0 Å². The second-order valence-corrected chi connectivity index (χ2v) is 5.65. The zero-order chi connectivity index (χ0) is 17.2. The van der Waals surface area contributed by atoms with Crippen LogP contribution in [0.3, 0.4) is 0 Å². The van der Waals surface area contributed by atoms with Crippen molar-refractivity contribution < 1.29 is 14.3 Å². The van der Waals surface area contributed by atoms with Gasteiger partial charge in [-0.15, -0.1) is 0 Å². The first-order valence-corrected chi connectivity index (χ1v) is 7.92. The number of aromatic nitrogens is 3. The Balaban J connectivity index is 1.58. The Morgan fingerprint density at radius 2 is 1.88 bits per heavy atom. The molecule has 0 bridgehead atoms. The normalized spacial score (nSPS) is 11.0. The molecule has 0 fully saturated rings. The van der Waals surface area contributed by atoms with Crippen LogP contribution >= 0.6 is 0 Å². The number of fused-ring (bicyclic) bond motifs is 3. The molecule has 4 aromatic rings. The first-order chi connectivity index (χ1) is 12.2. The van der Waals surface area contributed by atoms with Gasteiger partial charge in [0.2, 0.25) is 11.7 Å². The molecule has 124 valence electrons. The van der Waals surface area contributed by atoms with Crippen molar-refractivity contribution in [3.63, 3.8) is 0 Å². The highest BCUT2D eigenvalue weighted by molar-refractivity contribution is 6.00. The van der Waals surface area contributed by atoms with Crippen LogP contribution in [0.5, 0.6) is 0 Å². The Morgan fingerprint density at radius 3 is 2.72 bits per heavy atom. The van der Waals surface area contributed by atoms with Crippen molar-refractivity contribution in [2.45, 2.75) is 6.54 Å². The third-order valence-corrected chi connectivity index (χ3v) is 4.08. The molecule has 4 rings (SSSR count). The van der Waals surface area contributed by atoms with Gasteiger partial charge in [0.1, 0.15) is 6.61 Å². The highest BCUT2D eigenvalue weighted by Crippen LogP contribution is 2.21. The van der Waals surface area contributed by atoms with E-state index < -0.39 is 0 Å². The number of imidazole rings is 1. The van der Waals surface area contributed by atoms with Gasteiger partial charge in [0, 0.05) is 6.07 Å². The molecule has 6 nitrogen and oxygen atoms in total. The molecule has 0 amide bonds. The number of esters is 1. The molecule has 0 radical (unpaired) electrons. The lowest BCUT2D eigenvalue weighted by Gasteiger charge is -2.08. The zero-order valence-corrected chi connectivity index (χ0v) is 13.3. The second kappa shape index (κ2) is 6.24. The summed E-state index contributed by atoms with van der Waals surface area (Å²) in [5.74, 6) is -0.354. The van der Waals surface area contributed by atoms with E-state index in [1.807, 2.05) is 28.8 Å². The smallest absolute Gasteiger partial charge is 0.338 e. The average molecular weight is 333 g/mol. The molecule has 0 spiro atoms. The van der Waals surface area contributed by atoms with E-state index in [-0.39, 0.29) is 12.6 Å². The molecule has 0 unspecified atom stereocenters. The van der Waals surface area contributed by atoms with E-state index in [4.69, 9.17) is 4.74 Å². The van der Waals surface area contributed by atoms with E-state index in [9.17, 15) is 10.0 Å². The number of carbonyl (C=O) groups excluding carboxylic acids is 1.